The number of nitrogens with zero attached hydrogens (tertiary/aromatic N) is 1. The number of pyridine rings is 1. The highest BCUT2D eigenvalue weighted by atomic mass is 16.5. The number of nitrogens with one attached hydrogen (secondary N) is 2. The maximum atomic E-state index is 12.2. The minimum absolute atomic E-state index is 0.0857. The van der Waals surface area contributed by atoms with Crippen LogP contribution in [0.1, 0.15) is 16.7 Å². The van der Waals surface area contributed by atoms with E-state index < -0.39 is 0 Å². The van der Waals surface area contributed by atoms with Gasteiger partial charge in [-0.15, -0.1) is 0 Å². The van der Waals surface area contributed by atoms with Crippen molar-refractivity contribution < 1.29 is 9.53 Å². The van der Waals surface area contributed by atoms with E-state index in [9.17, 15) is 4.79 Å². The zero-order chi connectivity index (χ0) is 19.2. The topological polar surface area (TPSA) is 63.2 Å². The molecule has 0 atom stereocenters. The van der Waals surface area contributed by atoms with Crippen molar-refractivity contribution in [1.29, 1.82) is 0 Å². The second kappa shape index (κ2) is 8.36. The summed E-state index contributed by atoms with van der Waals surface area (Å²) >= 11 is 0. The second-order valence-corrected chi connectivity index (χ2v) is 6.40. The maximum absolute atomic E-state index is 12.2. The number of anilines is 3. The Kier molecular flexibility index (Phi) is 5.71. The Labute approximate surface area is 159 Å². The molecular weight excluding hydrogens is 338 g/mol. The van der Waals surface area contributed by atoms with Crippen molar-refractivity contribution in [3.05, 3.63) is 77.5 Å². The summed E-state index contributed by atoms with van der Waals surface area (Å²) in [6.45, 7) is 4.12. The number of carbonyl (C=O) groups is 1. The van der Waals surface area contributed by atoms with E-state index in [0.717, 1.165) is 33.9 Å². The molecule has 2 aromatic carbocycles. The van der Waals surface area contributed by atoms with E-state index in [0.29, 0.717) is 12.1 Å². The highest BCUT2D eigenvalue weighted by Crippen LogP contribution is 2.23. The Morgan fingerprint density at radius 2 is 1.70 bits per heavy atom. The van der Waals surface area contributed by atoms with Gasteiger partial charge in [0, 0.05) is 5.69 Å². The Balaban J connectivity index is 1.60. The van der Waals surface area contributed by atoms with Gasteiger partial charge in [0.05, 0.1) is 25.4 Å². The minimum atomic E-state index is -0.0857. The molecule has 0 aliphatic rings. The van der Waals surface area contributed by atoms with Crippen LogP contribution in [0.5, 0.6) is 5.75 Å². The van der Waals surface area contributed by atoms with Crippen LogP contribution in [0.25, 0.3) is 0 Å². The quantitative estimate of drug-likeness (QED) is 0.672. The van der Waals surface area contributed by atoms with Crippen LogP contribution >= 0.6 is 0 Å². The molecule has 27 heavy (non-hydrogen) atoms. The Morgan fingerprint density at radius 1 is 1.00 bits per heavy atom. The van der Waals surface area contributed by atoms with Gasteiger partial charge in [-0.05, 0) is 54.8 Å². The lowest BCUT2D eigenvalue weighted by atomic mass is 10.1. The Bertz CT molecular complexity index is 899. The van der Waals surface area contributed by atoms with E-state index in [4.69, 9.17) is 4.74 Å². The van der Waals surface area contributed by atoms with E-state index in [1.807, 2.05) is 42.5 Å². The first-order valence-electron chi connectivity index (χ1n) is 8.77. The molecule has 3 rings (SSSR count). The van der Waals surface area contributed by atoms with Crippen LogP contribution in [0, 0.1) is 13.8 Å². The van der Waals surface area contributed by atoms with E-state index in [1.54, 1.807) is 13.3 Å². The molecule has 0 saturated carbocycles. The van der Waals surface area contributed by atoms with Crippen molar-refractivity contribution in [2.75, 3.05) is 17.7 Å². The van der Waals surface area contributed by atoms with Crippen LogP contribution in [-0.4, -0.2) is 18.0 Å². The predicted octanol–water partition coefficient (Wildman–Crippen LogP) is 4.63. The fraction of sp³-hybridized carbons (Fsp3) is 0.182. The molecule has 5 heteroatoms. The standard InChI is InChI=1S/C22H23N3O2/c1-15-5-4-6-16(2)22(15)25-20-12-9-18(14-23-20)24-21(26)13-17-7-10-19(27-3)11-8-17/h4-12,14H,13H2,1-3H3,(H,23,25)(H,24,26). The lowest BCUT2D eigenvalue weighted by Gasteiger charge is -2.12. The van der Waals surface area contributed by atoms with Crippen LogP contribution in [0.2, 0.25) is 0 Å². The molecule has 2 N–H and O–H groups in total. The molecule has 0 spiro atoms. The molecule has 1 aromatic heterocycles. The summed E-state index contributed by atoms with van der Waals surface area (Å²) in [7, 11) is 1.62. The van der Waals surface area contributed by atoms with Gasteiger partial charge in [0.2, 0.25) is 5.91 Å². The van der Waals surface area contributed by atoms with Crippen LogP contribution in [0.4, 0.5) is 17.2 Å². The van der Waals surface area contributed by atoms with Gasteiger partial charge < -0.3 is 15.4 Å². The molecular formula is C22H23N3O2. The third kappa shape index (κ3) is 4.85. The Hall–Kier alpha value is -3.34. The smallest absolute Gasteiger partial charge is 0.228 e. The average Bonchev–Trinajstić information content (AvgIpc) is 2.67. The summed E-state index contributed by atoms with van der Waals surface area (Å²) in [5.41, 5.74) is 4.97. The summed E-state index contributed by atoms with van der Waals surface area (Å²) in [6.07, 6.45) is 1.95. The molecule has 0 saturated heterocycles. The number of aryl methyl sites for hydroxylation is 2. The molecule has 138 valence electrons. The van der Waals surface area contributed by atoms with Gasteiger partial charge in [-0.25, -0.2) is 4.98 Å². The number of benzene rings is 2. The summed E-state index contributed by atoms with van der Waals surface area (Å²) in [6, 6.07) is 17.3. The normalized spacial score (nSPS) is 10.3. The molecule has 1 amide bonds. The van der Waals surface area contributed by atoms with E-state index in [1.165, 1.54) is 0 Å². The molecule has 3 aromatic rings. The number of carbonyl (C=O) groups excluding carboxylic acids is 1. The third-order valence-corrected chi connectivity index (χ3v) is 4.31. The van der Waals surface area contributed by atoms with Crippen LogP contribution < -0.4 is 15.4 Å². The largest absolute Gasteiger partial charge is 0.497 e. The number of methoxy groups -OCH3 is 1. The number of hydrogen-bond donors (Lipinski definition) is 2. The second-order valence-electron chi connectivity index (χ2n) is 6.40. The highest BCUT2D eigenvalue weighted by molar-refractivity contribution is 5.92. The first-order valence-corrected chi connectivity index (χ1v) is 8.77. The predicted molar refractivity (Wildman–Crippen MR) is 109 cm³/mol. The first kappa shape index (κ1) is 18.5. The van der Waals surface area contributed by atoms with Gasteiger partial charge in [-0.3, -0.25) is 4.79 Å². The molecule has 0 radical (unpaired) electrons. The SMILES string of the molecule is COc1ccc(CC(=O)Nc2ccc(Nc3c(C)cccc3C)nc2)cc1. The van der Waals surface area contributed by atoms with E-state index in [2.05, 4.69) is 41.6 Å². The zero-order valence-electron chi connectivity index (χ0n) is 15.7. The van der Waals surface area contributed by atoms with Gasteiger partial charge in [-0.2, -0.15) is 0 Å². The summed E-state index contributed by atoms with van der Waals surface area (Å²) in [5.74, 6) is 1.42. The van der Waals surface area contributed by atoms with Crippen molar-refractivity contribution in [3.8, 4) is 5.75 Å². The molecule has 0 aliphatic heterocycles. The first-order chi connectivity index (χ1) is 13.0. The lowest BCUT2D eigenvalue weighted by molar-refractivity contribution is -0.115. The fourth-order valence-electron chi connectivity index (χ4n) is 2.82. The minimum Gasteiger partial charge on any atom is -0.497 e. The monoisotopic (exact) mass is 361 g/mol. The van der Waals surface area contributed by atoms with Gasteiger partial charge in [0.25, 0.3) is 0 Å². The van der Waals surface area contributed by atoms with Crippen molar-refractivity contribution >= 4 is 23.1 Å². The zero-order valence-corrected chi connectivity index (χ0v) is 15.7. The number of hydrogen-bond acceptors (Lipinski definition) is 4. The Morgan fingerprint density at radius 3 is 2.30 bits per heavy atom. The summed E-state index contributed by atoms with van der Waals surface area (Å²) < 4.78 is 5.12. The van der Waals surface area contributed by atoms with Gasteiger partial charge in [0.15, 0.2) is 0 Å². The van der Waals surface area contributed by atoms with E-state index >= 15 is 0 Å². The number of aromatic nitrogens is 1. The lowest BCUT2D eigenvalue weighted by Crippen LogP contribution is -2.14. The average molecular weight is 361 g/mol. The van der Waals surface area contributed by atoms with Gasteiger partial charge in [0.1, 0.15) is 11.6 Å². The molecule has 5 nitrogen and oxygen atoms in total. The molecule has 0 aliphatic carbocycles. The van der Waals surface area contributed by atoms with Crippen LogP contribution in [0.15, 0.2) is 60.8 Å². The molecule has 1 heterocycles. The maximum Gasteiger partial charge on any atom is 0.228 e. The van der Waals surface area contributed by atoms with Crippen molar-refractivity contribution in [2.45, 2.75) is 20.3 Å². The summed E-state index contributed by atoms with van der Waals surface area (Å²) in [5, 5.41) is 6.21. The van der Waals surface area contributed by atoms with Crippen LogP contribution in [-0.2, 0) is 11.2 Å². The fourth-order valence-corrected chi connectivity index (χ4v) is 2.82. The van der Waals surface area contributed by atoms with Gasteiger partial charge in [-0.1, -0.05) is 30.3 Å². The van der Waals surface area contributed by atoms with E-state index in [-0.39, 0.29) is 5.91 Å². The van der Waals surface area contributed by atoms with Crippen molar-refractivity contribution in [3.63, 3.8) is 0 Å². The van der Waals surface area contributed by atoms with Crippen molar-refractivity contribution in [1.82, 2.24) is 4.98 Å². The number of amides is 1. The third-order valence-electron chi connectivity index (χ3n) is 4.31. The van der Waals surface area contributed by atoms with Crippen molar-refractivity contribution in [2.24, 2.45) is 0 Å². The molecule has 0 fully saturated rings. The van der Waals surface area contributed by atoms with Gasteiger partial charge >= 0.3 is 0 Å². The number of rotatable bonds is 6. The molecule has 0 unspecified atom stereocenters. The number of para-hydroxylation sites is 1. The van der Waals surface area contributed by atoms with Crippen LogP contribution in [0.3, 0.4) is 0 Å². The highest BCUT2D eigenvalue weighted by Gasteiger charge is 2.06. The molecule has 0 bridgehead atoms. The summed E-state index contributed by atoms with van der Waals surface area (Å²) in [4.78, 5) is 16.6. The number of ether oxygens (including phenoxy) is 1.